The Morgan fingerprint density at radius 1 is 1.35 bits per heavy atom. The summed E-state index contributed by atoms with van der Waals surface area (Å²) in [7, 11) is 0. The van der Waals surface area contributed by atoms with Crippen LogP contribution in [-0.4, -0.2) is 11.5 Å². The van der Waals surface area contributed by atoms with Crippen LogP contribution in [0.5, 0.6) is 5.75 Å². The number of hydrogen-bond donors (Lipinski definition) is 0. The Bertz CT molecular complexity index is 398. The van der Waals surface area contributed by atoms with Crippen molar-refractivity contribution in [2.45, 2.75) is 51.5 Å². The van der Waals surface area contributed by atoms with E-state index in [-0.39, 0.29) is 16.9 Å². The molecule has 2 atom stereocenters. The molecular formula is C15H21ClO. The summed E-state index contributed by atoms with van der Waals surface area (Å²) in [5, 5.41) is 0.237. The van der Waals surface area contributed by atoms with Gasteiger partial charge in [0.15, 0.2) is 0 Å². The SMILES string of the molecule is CC(C)c1cccc(OC2CC(Cl)C2(C)C)c1. The molecule has 2 unspecified atom stereocenters. The van der Waals surface area contributed by atoms with Crippen LogP contribution in [0.4, 0.5) is 0 Å². The van der Waals surface area contributed by atoms with Crippen molar-refractivity contribution in [2.75, 3.05) is 0 Å². The van der Waals surface area contributed by atoms with Crippen LogP contribution in [0.2, 0.25) is 0 Å². The van der Waals surface area contributed by atoms with E-state index in [1.54, 1.807) is 0 Å². The molecule has 0 spiro atoms. The monoisotopic (exact) mass is 252 g/mol. The van der Waals surface area contributed by atoms with Crippen LogP contribution in [0.1, 0.15) is 45.6 Å². The minimum Gasteiger partial charge on any atom is -0.490 e. The predicted octanol–water partition coefficient (Wildman–Crippen LogP) is 4.59. The molecule has 0 bridgehead atoms. The highest BCUT2D eigenvalue weighted by Gasteiger charge is 2.49. The molecule has 0 N–H and O–H groups in total. The van der Waals surface area contributed by atoms with Gasteiger partial charge in [0.25, 0.3) is 0 Å². The quantitative estimate of drug-likeness (QED) is 0.715. The molecule has 0 saturated heterocycles. The third-order valence-corrected chi connectivity index (χ3v) is 4.60. The molecule has 0 aliphatic heterocycles. The van der Waals surface area contributed by atoms with Gasteiger partial charge in [-0.15, -0.1) is 11.6 Å². The minimum absolute atomic E-state index is 0.0788. The third kappa shape index (κ3) is 2.44. The van der Waals surface area contributed by atoms with Gasteiger partial charge >= 0.3 is 0 Å². The normalized spacial score (nSPS) is 26.7. The second-order valence-electron chi connectivity index (χ2n) is 5.86. The first-order valence-corrected chi connectivity index (χ1v) is 6.75. The molecule has 1 aromatic rings. The molecule has 1 aliphatic carbocycles. The zero-order valence-corrected chi connectivity index (χ0v) is 11.8. The second-order valence-corrected chi connectivity index (χ2v) is 6.39. The summed E-state index contributed by atoms with van der Waals surface area (Å²) in [6.45, 7) is 8.73. The first kappa shape index (κ1) is 12.8. The lowest BCUT2D eigenvalue weighted by Crippen LogP contribution is -2.53. The molecule has 0 amide bonds. The highest BCUT2D eigenvalue weighted by molar-refractivity contribution is 6.21. The zero-order valence-electron chi connectivity index (χ0n) is 11.0. The lowest BCUT2D eigenvalue weighted by atomic mass is 9.68. The van der Waals surface area contributed by atoms with Crippen LogP contribution in [-0.2, 0) is 0 Å². The van der Waals surface area contributed by atoms with Crippen molar-refractivity contribution >= 4 is 11.6 Å². The summed E-state index contributed by atoms with van der Waals surface area (Å²) in [6.07, 6.45) is 1.19. The smallest absolute Gasteiger partial charge is 0.120 e. The van der Waals surface area contributed by atoms with Crippen LogP contribution in [0.3, 0.4) is 0 Å². The summed E-state index contributed by atoms with van der Waals surface area (Å²) >= 11 is 6.20. The number of rotatable bonds is 3. The van der Waals surface area contributed by atoms with E-state index in [0.717, 1.165) is 12.2 Å². The Morgan fingerprint density at radius 2 is 2.06 bits per heavy atom. The van der Waals surface area contributed by atoms with Gasteiger partial charge in [-0.1, -0.05) is 39.8 Å². The molecular weight excluding hydrogens is 232 g/mol. The fourth-order valence-corrected chi connectivity index (χ4v) is 2.45. The highest BCUT2D eigenvalue weighted by atomic mass is 35.5. The summed E-state index contributed by atoms with van der Waals surface area (Å²) < 4.78 is 6.04. The molecule has 2 rings (SSSR count). The van der Waals surface area contributed by atoms with Crippen molar-refractivity contribution in [1.82, 2.24) is 0 Å². The average molecular weight is 253 g/mol. The Labute approximate surface area is 109 Å². The van der Waals surface area contributed by atoms with Gasteiger partial charge in [-0.2, -0.15) is 0 Å². The van der Waals surface area contributed by atoms with E-state index < -0.39 is 0 Å². The molecule has 17 heavy (non-hydrogen) atoms. The van der Waals surface area contributed by atoms with E-state index in [9.17, 15) is 0 Å². The second kappa shape index (κ2) is 4.53. The predicted molar refractivity (Wildman–Crippen MR) is 73.0 cm³/mol. The number of alkyl halides is 1. The molecule has 0 radical (unpaired) electrons. The molecule has 1 saturated carbocycles. The van der Waals surface area contributed by atoms with E-state index in [4.69, 9.17) is 16.3 Å². The Balaban J connectivity index is 2.07. The molecule has 0 aromatic heterocycles. The molecule has 1 aliphatic rings. The molecule has 1 aromatic carbocycles. The summed E-state index contributed by atoms with van der Waals surface area (Å²) in [4.78, 5) is 0. The lowest BCUT2D eigenvalue weighted by Gasteiger charge is -2.48. The maximum absolute atomic E-state index is 6.20. The summed E-state index contributed by atoms with van der Waals surface area (Å²) in [5.41, 5.74) is 1.40. The Hall–Kier alpha value is -0.690. The van der Waals surface area contributed by atoms with Gasteiger partial charge in [0.1, 0.15) is 11.9 Å². The van der Waals surface area contributed by atoms with Gasteiger partial charge in [-0.3, -0.25) is 0 Å². The molecule has 2 heteroatoms. The van der Waals surface area contributed by atoms with E-state index in [2.05, 4.69) is 45.9 Å². The topological polar surface area (TPSA) is 9.23 Å². The van der Waals surface area contributed by atoms with Crippen molar-refractivity contribution in [3.8, 4) is 5.75 Å². The van der Waals surface area contributed by atoms with Crippen molar-refractivity contribution < 1.29 is 4.74 Å². The van der Waals surface area contributed by atoms with Crippen LogP contribution < -0.4 is 4.74 Å². The summed E-state index contributed by atoms with van der Waals surface area (Å²) in [5.74, 6) is 1.51. The fourth-order valence-electron chi connectivity index (χ4n) is 2.15. The maximum Gasteiger partial charge on any atom is 0.120 e. The molecule has 94 valence electrons. The molecule has 1 nitrogen and oxygen atoms in total. The lowest BCUT2D eigenvalue weighted by molar-refractivity contribution is -0.0130. The van der Waals surface area contributed by atoms with Gasteiger partial charge in [0, 0.05) is 17.2 Å². The minimum atomic E-state index is 0.0788. The number of halogens is 1. The molecule has 1 fully saturated rings. The van der Waals surface area contributed by atoms with Crippen LogP contribution in [0.15, 0.2) is 24.3 Å². The van der Waals surface area contributed by atoms with E-state index in [1.807, 2.05) is 6.07 Å². The highest BCUT2D eigenvalue weighted by Crippen LogP contribution is 2.46. The van der Waals surface area contributed by atoms with Crippen LogP contribution >= 0.6 is 11.6 Å². The first-order chi connectivity index (χ1) is 7.91. The van der Waals surface area contributed by atoms with Gasteiger partial charge < -0.3 is 4.74 Å². The Kier molecular flexibility index (Phi) is 3.40. The van der Waals surface area contributed by atoms with Gasteiger partial charge in [-0.25, -0.2) is 0 Å². The van der Waals surface area contributed by atoms with Gasteiger partial charge in [0.05, 0.1) is 0 Å². The van der Waals surface area contributed by atoms with E-state index in [1.165, 1.54) is 5.56 Å². The number of hydrogen-bond acceptors (Lipinski definition) is 1. The van der Waals surface area contributed by atoms with Crippen LogP contribution in [0.25, 0.3) is 0 Å². The zero-order chi connectivity index (χ0) is 12.6. The largest absolute Gasteiger partial charge is 0.490 e. The van der Waals surface area contributed by atoms with Gasteiger partial charge in [0.2, 0.25) is 0 Å². The summed E-state index contributed by atoms with van der Waals surface area (Å²) in [6, 6.07) is 8.38. The molecule has 0 heterocycles. The van der Waals surface area contributed by atoms with Crippen molar-refractivity contribution in [1.29, 1.82) is 0 Å². The van der Waals surface area contributed by atoms with E-state index >= 15 is 0 Å². The average Bonchev–Trinajstić information content (AvgIpc) is 2.29. The maximum atomic E-state index is 6.20. The van der Waals surface area contributed by atoms with Gasteiger partial charge in [-0.05, 0) is 23.6 Å². The van der Waals surface area contributed by atoms with Crippen molar-refractivity contribution in [3.05, 3.63) is 29.8 Å². The number of ether oxygens (including phenoxy) is 1. The fraction of sp³-hybridized carbons (Fsp3) is 0.600. The third-order valence-electron chi connectivity index (χ3n) is 3.86. The first-order valence-electron chi connectivity index (χ1n) is 6.32. The van der Waals surface area contributed by atoms with Crippen LogP contribution in [0, 0.1) is 5.41 Å². The van der Waals surface area contributed by atoms with Crippen molar-refractivity contribution in [2.24, 2.45) is 5.41 Å². The number of benzene rings is 1. The standard InChI is InChI=1S/C15H21ClO/c1-10(2)11-6-5-7-12(8-11)17-14-9-13(16)15(14,3)4/h5-8,10,13-14H,9H2,1-4H3. The van der Waals surface area contributed by atoms with Crippen molar-refractivity contribution in [3.63, 3.8) is 0 Å². The van der Waals surface area contributed by atoms with E-state index in [0.29, 0.717) is 5.92 Å². The Morgan fingerprint density at radius 3 is 2.59 bits per heavy atom.